The molecule has 0 aliphatic carbocycles. The molecule has 1 saturated heterocycles. The highest BCUT2D eigenvalue weighted by molar-refractivity contribution is 14.1. The van der Waals surface area contributed by atoms with E-state index >= 15 is 0 Å². The number of rotatable bonds is 7. The van der Waals surface area contributed by atoms with Gasteiger partial charge in [0.1, 0.15) is 12.2 Å². The zero-order valence-electron chi connectivity index (χ0n) is 23.4. The standard InChI is InChI=1S/C33H25Cl2IN2O4S/c1-19-4-10-24(11-5-19)37-31(39)26(32(40)38(33(37)43)25-12-6-20(2)7-13-25)14-21-15-28(36)30(29(16-21)41-3)42-18-22-8-9-23(34)17-27(22)35/h4-17H,18H2,1-3H3. The molecule has 0 N–H and O–H groups in total. The number of amides is 2. The summed E-state index contributed by atoms with van der Waals surface area (Å²) in [5.41, 5.74) is 4.48. The molecule has 1 aliphatic rings. The number of nitrogens with zero attached hydrogens (tertiary/aromatic N) is 2. The van der Waals surface area contributed by atoms with Gasteiger partial charge in [-0.05, 0) is 109 Å². The average Bonchev–Trinajstić information content (AvgIpc) is 2.97. The summed E-state index contributed by atoms with van der Waals surface area (Å²) in [7, 11) is 1.53. The Morgan fingerprint density at radius 1 is 0.837 bits per heavy atom. The Balaban J connectivity index is 1.55. The maximum atomic E-state index is 13.9. The summed E-state index contributed by atoms with van der Waals surface area (Å²) in [6.45, 7) is 4.11. The molecule has 6 nitrogen and oxygen atoms in total. The first-order valence-corrected chi connectivity index (χ1v) is 15.3. The number of anilines is 2. The van der Waals surface area contributed by atoms with E-state index in [1.807, 2.05) is 68.4 Å². The van der Waals surface area contributed by atoms with Gasteiger partial charge in [-0.15, -0.1) is 0 Å². The third kappa shape index (κ3) is 6.57. The van der Waals surface area contributed by atoms with E-state index in [1.165, 1.54) is 16.9 Å². The van der Waals surface area contributed by atoms with Crippen LogP contribution in [0.25, 0.3) is 6.08 Å². The van der Waals surface area contributed by atoms with E-state index < -0.39 is 11.8 Å². The fourth-order valence-electron chi connectivity index (χ4n) is 4.49. The van der Waals surface area contributed by atoms with Crippen LogP contribution in [0.4, 0.5) is 11.4 Å². The first kappa shape index (κ1) is 31.0. The summed E-state index contributed by atoms with van der Waals surface area (Å²) >= 11 is 20.2. The molecular formula is C33H25Cl2IN2O4S. The molecule has 1 aliphatic heterocycles. The van der Waals surface area contributed by atoms with Gasteiger partial charge in [-0.2, -0.15) is 0 Å². The number of methoxy groups -OCH3 is 1. The van der Waals surface area contributed by atoms with Crippen LogP contribution in [0, 0.1) is 17.4 Å². The van der Waals surface area contributed by atoms with Gasteiger partial charge in [0.15, 0.2) is 16.6 Å². The van der Waals surface area contributed by atoms with Crippen molar-refractivity contribution in [1.82, 2.24) is 0 Å². The second-order valence-electron chi connectivity index (χ2n) is 9.85. The molecule has 0 spiro atoms. The monoisotopic (exact) mass is 742 g/mol. The minimum absolute atomic E-state index is 0.0470. The Bertz CT molecular complexity index is 1710. The van der Waals surface area contributed by atoms with Gasteiger partial charge in [0.25, 0.3) is 11.8 Å². The van der Waals surface area contributed by atoms with Crippen molar-refractivity contribution in [1.29, 1.82) is 0 Å². The lowest BCUT2D eigenvalue weighted by Crippen LogP contribution is -2.56. The molecule has 1 fully saturated rings. The van der Waals surface area contributed by atoms with Crippen LogP contribution in [0.15, 0.2) is 84.4 Å². The van der Waals surface area contributed by atoms with Gasteiger partial charge >= 0.3 is 0 Å². The average molecular weight is 743 g/mol. The van der Waals surface area contributed by atoms with Crippen LogP contribution in [-0.4, -0.2) is 24.0 Å². The quantitative estimate of drug-likeness (QED) is 0.0823. The number of aryl methyl sites for hydroxylation is 2. The fraction of sp³-hybridized carbons (Fsp3) is 0.121. The number of halogens is 3. The van der Waals surface area contributed by atoms with Gasteiger partial charge in [-0.25, -0.2) is 0 Å². The topological polar surface area (TPSA) is 59.1 Å². The lowest BCUT2D eigenvalue weighted by molar-refractivity contribution is -0.120. The van der Waals surface area contributed by atoms with Crippen molar-refractivity contribution in [2.75, 3.05) is 16.9 Å². The van der Waals surface area contributed by atoms with Gasteiger partial charge in [0, 0.05) is 15.6 Å². The van der Waals surface area contributed by atoms with Crippen molar-refractivity contribution in [3.8, 4) is 11.5 Å². The molecule has 0 bridgehead atoms. The Kier molecular flexibility index (Phi) is 9.41. The SMILES string of the molecule is COc1cc(C=C2C(=O)N(c3ccc(C)cc3)C(=S)N(c3ccc(C)cc3)C2=O)cc(I)c1OCc1ccc(Cl)cc1Cl. The summed E-state index contributed by atoms with van der Waals surface area (Å²) < 4.78 is 12.4. The maximum absolute atomic E-state index is 13.9. The van der Waals surface area contributed by atoms with Crippen molar-refractivity contribution in [2.24, 2.45) is 0 Å². The lowest BCUT2D eigenvalue weighted by atomic mass is 10.0. The van der Waals surface area contributed by atoms with E-state index in [4.69, 9.17) is 44.9 Å². The molecule has 218 valence electrons. The Morgan fingerprint density at radius 2 is 1.40 bits per heavy atom. The predicted molar refractivity (Wildman–Crippen MR) is 184 cm³/mol. The van der Waals surface area contributed by atoms with Gasteiger partial charge < -0.3 is 9.47 Å². The molecule has 2 amide bonds. The molecule has 5 rings (SSSR count). The lowest BCUT2D eigenvalue weighted by Gasteiger charge is -2.36. The van der Waals surface area contributed by atoms with E-state index in [2.05, 4.69) is 22.6 Å². The van der Waals surface area contributed by atoms with Crippen molar-refractivity contribution < 1.29 is 19.1 Å². The maximum Gasteiger partial charge on any atom is 0.270 e. The Morgan fingerprint density at radius 3 is 1.91 bits per heavy atom. The largest absolute Gasteiger partial charge is 0.493 e. The van der Waals surface area contributed by atoms with Crippen molar-refractivity contribution in [3.63, 3.8) is 0 Å². The molecule has 0 unspecified atom stereocenters. The van der Waals surface area contributed by atoms with Gasteiger partial charge in [0.05, 0.1) is 22.1 Å². The van der Waals surface area contributed by atoms with Crippen LogP contribution in [-0.2, 0) is 16.2 Å². The summed E-state index contributed by atoms with van der Waals surface area (Å²) in [5.74, 6) is -0.107. The zero-order valence-corrected chi connectivity index (χ0v) is 27.8. The van der Waals surface area contributed by atoms with E-state index in [0.717, 1.165) is 16.7 Å². The fourth-order valence-corrected chi connectivity index (χ4v) is 6.11. The molecule has 4 aromatic rings. The minimum atomic E-state index is -0.520. The molecular weight excluding hydrogens is 718 g/mol. The van der Waals surface area contributed by atoms with Crippen LogP contribution in [0.3, 0.4) is 0 Å². The van der Waals surface area contributed by atoms with Crippen LogP contribution in [0.2, 0.25) is 10.0 Å². The molecule has 0 saturated carbocycles. The molecule has 10 heteroatoms. The second-order valence-corrected chi connectivity index (χ2v) is 12.2. The van der Waals surface area contributed by atoms with Crippen LogP contribution in [0.5, 0.6) is 11.5 Å². The summed E-state index contributed by atoms with van der Waals surface area (Å²) in [6, 6.07) is 23.5. The number of thiocarbonyl (C=S) groups is 1. The highest BCUT2D eigenvalue weighted by atomic mass is 127. The van der Waals surface area contributed by atoms with Gasteiger partial charge in [0.2, 0.25) is 0 Å². The zero-order chi connectivity index (χ0) is 30.8. The van der Waals surface area contributed by atoms with Crippen LogP contribution >= 0.6 is 58.0 Å². The number of carbonyl (C=O) groups is 2. The van der Waals surface area contributed by atoms with E-state index in [-0.39, 0.29) is 17.3 Å². The smallest absolute Gasteiger partial charge is 0.270 e. The third-order valence-corrected chi connectivity index (χ3v) is 8.54. The number of benzene rings is 4. The highest BCUT2D eigenvalue weighted by Gasteiger charge is 2.41. The predicted octanol–water partition coefficient (Wildman–Crippen LogP) is 8.55. The number of carbonyl (C=O) groups excluding carboxylic acids is 2. The third-order valence-electron chi connectivity index (χ3n) is 6.78. The van der Waals surface area contributed by atoms with Crippen molar-refractivity contribution >= 4 is 92.4 Å². The summed E-state index contributed by atoms with van der Waals surface area (Å²) in [4.78, 5) is 30.6. The summed E-state index contributed by atoms with van der Waals surface area (Å²) in [6.07, 6.45) is 1.55. The molecule has 43 heavy (non-hydrogen) atoms. The van der Waals surface area contributed by atoms with E-state index in [0.29, 0.717) is 42.1 Å². The number of ether oxygens (including phenoxy) is 2. The van der Waals surface area contributed by atoms with E-state index in [1.54, 1.807) is 30.3 Å². The molecule has 0 radical (unpaired) electrons. The first-order chi connectivity index (χ1) is 20.6. The van der Waals surface area contributed by atoms with Crippen molar-refractivity contribution in [3.05, 3.63) is 120 Å². The molecule has 1 heterocycles. The first-order valence-electron chi connectivity index (χ1n) is 13.1. The normalized spacial score (nSPS) is 13.4. The van der Waals surface area contributed by atoms with Gasteiger partial charge in [-0.1, -0.05) is 64.7 Å². The number of hydrogen-bond donors (Lipinski definition) is 0. The van der Waals surface area contributed by atoms with Gasteiger partial charge in [-0.3, -0.25) is 19.4 Å². The Labute approximate surface area is 278 Å². The molecule has 4 aromatic carbocycles. The minimum Gasteiger partial charge on any atom is -0.493 e. The molecule has 0 atom stereocenters. The van der Waals surface area contributed by atoms with Crippen LogP contribution in [0.1, 0.15) is 22.3 Å². The second kappa shape index (κ2) is 13.1. The van der Waals surface area contributed by atoms with E-state index in [9.17, 15) is 9.59 Å². The Hall–Kier alpha value is -3.44. The van der Waals surface area contributed by atoms with Crippen molar-refractivity contribution in [2.45, 2.75) is 20.5 Å². The summed E-state index contributed by atoms with van der Waals surface area (Å²) in [5, 5.41) is 1.11. The molecule has 0 aromatic heterocycles. The number of hydrogen-bond acceptors (Lipinski definition) is 5. The highest BCUT2D eigenvalue weighted by Crippen LogP contribution is 2.37. The van der Waals surface area contributed by atoms with Crippen LogP contribution < -0.4 is 19.3 Å².